The number of nitrogens with one attached hydrogen (secondary N) is 1. The van der Waals surface area contributed by atoms with E-state index in [2.05, 4.69) is 29.2 Å². The third-order valence-corrected chi connectivity index (χ3v) is 4.22. The summed E-state index contributed by atoms with van der Waals surface area (Å²) in [7, 11) is 4.17. The Balaban J connectivity index is 2.31. The lowest BCUT2D eigenvalue weighted by Crippen LogP contribution is -2.47. The van der Waals surface area contributed by atoms with Gasteiger partial charge in [-0.05, 0) is 46.2 Å². The molecule has 0 saturated carbocycles. The predicted octanol–water partition coefficient (Wildman–Crippen LogP) is 2.25. The third kappa shape index (κ3) is 3.99. The molecule has 1 aliphatic heterocycles. The van der Waals surface area contributed by atoms with Crippen molar-refractivity contribution >= 4 is 0 Å². The van der Waals surface area contributed by atoms with Gasteiger partial charge in [-0.15, -0.1) is 0 Å². The van der Waals surface area contributed by atoms with Gasteiger partial charge in [0.05, 0.1) is 6.04 Å². The molecule has 0 spiro atoms. The summed E-state index contributed by atoms with van der Waals surface area (Å²) in [5.41, 5.74) is 0.547. The van der Waals surface area contributed by atoms with Gasteiger partial charge in [-0.2, -0.15) is 0 Å². The van der Waals surface area contributed by atoms with E-state index in [1.807, 2.05) is 6.92 Å². The topological polar surface area (TPSA) is 18.5 Å². The van der Waals surface area contributed by atoms with Gasteiger partial charge in [-0.1, -0.05) is 13.0 Å². The Kier molecular flexibility index (Phi) is 5.67. The molecule has 5 heteroatoms. The fraction of sp³-hybridized carbons (Fsp3) is 0.625. The highest BCUT2D eigenvalue weighted by Crippen LogP contribution is 2.25. The predicted molar refractivity (Wildman–Crippen MR) is 81.3 cm³/mol. The lowest BCUT2D eigenvalue weighted by atomic mass is 9.97. The molecule has 0 aromatic heterocycles. The van der Waals surface area contributed by atoms with Crippen molar-refractivity contribution in [3.05, 3.63) is 35.4 Å². The Hall–Kier alpha value is -1.04. The van der Waals surface area contributed by atoms with Gasteiger partial charge in [0, 0.05) is 24.2 Å². The third-order valence-electron chi connectivity index (χ3n) is 4.22. The zero-order valence-corrected chi connectivity index (χ0v) is 13.1. The van der Waals surface area contributed by atoms with Gasteiger partial charge in [0.2, 0.25) is 0 Å². The molecule has 3 nitrogen and oxygen atoms in total. The van der Waals surface area contributed by atoms with E-state index < -0.39 is 11.6 Å². The average molecular weight is 297 g/mol. The number of halogens is 2. The van der Waals surface area contributed by atoms with Gasteiger partial charge >= 0.3 is 0 Å². The molecule has 1 fully saturated rings. The molecule has 0 amide bonds. The van der Waals surface area contributed by atoms with Crippen LogP contribution in [0.2, 0.25) is 0 Å². The van der Waals surface area contributed by atoms with Crippen LogP contribution in [0.5, 0.6) is 0 Å². The maximum absolute atomic E-state index is 14.2. The first kappa shape index (κ1) is 16.3. The molecular weight excluding hydrogens is 272 g/mol. The van der Waals surface area contributed by atoms with Crippen LogP contribution in [0.15, 0.2) is 18.2 Å². The largest absolute Gasteiger partial charge is 0.309 e. The van der Waals surface area contributed by atoms with Gasteiger partial charge in [-0.3, -0.25) is 0 Å². The van der Waals surface area contributed by atoms with Crippen molar-refractivity contribution in [3.63, 3.8) is 0 Å². The van der Waals surface area contributed by atoms with Crippen molar-refractivity contribution in [2.24, 2.45) is 0 Å². The molecule has 1 heterocycles. The second-order valence-electron chi connectivity index (χ2n) is 5.86. The number of rotatable bonds is 4. The second-order valence-corrected chi connectivity index (χ2v) is 5.86. The maximum atomic E-state index is 14.2. The molecule has 118 valence electrons. The van der Waals surface area contributed by atoms with Crippen LogP contribution in [-0.2, 0) is 0 Å². The van der Waals surface area contributed by atoms with Crippen LogP contribution in [0, 0.1) is 11.6 Å². The normalized spacial score (nSPS) is 23.0. The first-order valence-corrected chi connectivity index (χ1v) is 7.60. The van der Waals surface area contributed by atoms with E-state index in [9.17, 15) is 8.78 Å². The molecule has 2 unspecified atom stereocenters. The van der Waals surface area contributed by atoms with Crippen LogP contribution in [0.4, 0.5) is 8.78 Å². The number of hydrogen-bond acceptors (Lipinski definition) is 3. The summed E-state index contributed by atoms with van der Waals surface area (Å²) in [6.07, 6.45) is 1.11. The van der Waals surface area contributed by atoms with Crippen molar-refractivity contribution in [1.29, 1.82) is 0 Å². The molecule has 1 N–H and O–H groups in total. The summed E-state index contributed by atoms with van der Waals surface area (Å²) < 4.78 is 27.4. The second kappa shape index (κ2) is 7.29. The summed E-state index contributed by atoms with van der Waals surface area (Å²) >= 11 is 0. The highest BCUT2D eigenvalue weighted by atomic mass is 19.1. The molecule has 0 radical (unpaired) electrons. The van der Waals surface area contributed by atoms with E-state index in [4.69, 9.17) is 0 Å². The fourth-order valence-electron chi connectivity index (χ4n) is 3.09. The Morgan fingerprint density at radius 2 is 2.05 bits per heavy atom. The Bertz CT molecular complexity index is 467. The van der Waals surface area contributed by atoms with Gasteiger partial charge in [0.25, 0.3) is 0 Å². The molecule has 0 aliphatic carbocycles. The molecule has 1 aliphatic rings. The standard InChI is InChI=1S/C16H25F2N3/c1-4-19-16(13-7-6-12(17)10-14(13)18)15-11-20(2)8-5-9-21(15)3/h6-7,10,15-16,19H,4-5,8-9,11H2,1-3H3. The Morgan fingerprint density at radius 3 is 2.71 bits per heavy atom. The summed E-state index contributed by atoms with van der Waals surface area (Å²) in [6.45, 7) is 5.65. The Labute approximate surface area is 125 Å². The van der Waals surface area contributed by atoms with Gasteiger partial charge < -0.3 is 15.1 Å². The van der Waals surface area contributed by atoms with Crippen molar-refractivity contribution in [3.8, 4) is 0 Å². The van der Waals surface area contributed by atoms with Crippen LogP contribution in [0.3, 0.4) is 0 Å². The van der Waals surface area contributed by atoms with Crippen LogP contribution < -0.4 is 5.32 Å². The summed E-state index contributed by atoms with van der Waals surface area (Å²) in [5, 5.41) is 3.38. The minimum absolute atomic E-state index is 0.138. The van der Waals surface area contributed by atoms with Crippen LogP contribution in [0.1, 0.15) is 24.9 Å². The smallest absolute Gasteiger partial charge is 0.130 e. The van der Waals surface area contributed by atoms with E-state index in [0.29, 0.717) is 5.56 Å². The molecule has 2 atom stereocenters. The highest BCUT2D eigenvalue weighted by Gasteiger charge is 2.30. The highest BCUT2D eigenvalue weighted by molar-refractivity contribution is 5.24. The molecule has 1 aromatic rings. The Morgan fingerprint density at radius 1 is 1.29 bits per heavy atom. The molecule has 21 heavy (non-hydrogen) atoms. The fourth-order valence-corrected chi connectivity index (χ4v) is 3.09. The maximum Gasteiger partial charge on any atom is 0.130 e. The number of likely N-dealkylation sites (N-methyl/N-ethyl adjacent to an activating group) is 3. The van der Waals surface area contributed by atoms with Crippen molar-refractivity contribution in [1.82, 2.24) is 15.1 Å². The molecule has 1 saturated heterocycles. The van der Waals surface area contributed by atoms with Crippen molar-refractivity contribution < 1.29 is 8.78 Å². The van der Waals surface area contributed by atoms with Crippen molar-refractivity contribution in [2.75, 3.05) is 40.3 Å². The monoisotopic (exact) mass is 297 g/mol. The molecular formula is C16H25F2N3. The van der Waals surface area contributed by atoms with E-state index in [1.165, 1.54) is 6.07 Å². The number of hydrogen-bond donors (Lipinski definition) is 1. The van der Waals surface area contributed by atoms with Gasteiger partial charge in [0.1, 0.15) is 11.6 Å². The van der Waals surface area contributed by atoms with E-state index in [0.717, 1.165) is 38.7 Å². The zero-order valence-electron chi connectivity index (χ0n) is 13.1. The van der Waals surface area contributed by atoms with Crippen LogP contribution in [0.25, 0.3) is 0 Å². The average Bonchev–Trinajstić information content (AvgIpc) is 2.58. The van der Waals surface area contributed by atoms with Crippen molar-refractivity contribution in [2.45, 2.75) is 25.4 Å². The molecule has 0 bridgehead atoms. The van der Waals surface area contributed by atoms with Gasteiger partial charge in [-0.25, -0.2) is 8.78 Å². The van der Waals surface area contributed by atoms with Crippen LogP contribution >= 0.6 is 0 Å². The minimum Gasteiger partial charge on any atom is -0.309 e. The first-order chi connectivity index (χ1) is 10.0. The first-order valence-electron chi connectivity index (χ1n) is 7.60. The summed E-state index contributed by atoms with van der Waals surface area (Å²) in [5.74, 6) is -1.00. The summed E-state index contributed by atoms with van der Waals surface area (Å²) in [4.78, 5) is 4.56. The SMILES string of the molecule is CCNC(c1ccc(F)cc1F)C1CN(C)CCCN1C. The number of benzene rings is 1. The van der Waals surface area contributed by atoms with Crippen LogP contribution in [-0.4, -0.2) is 56.1 Å². The summed E-state index contributed by atoms with van der Waals surface area (Å²) in [6, 6.07) is 3.90. The van der Waals surface area contributed by atoms with E-state index in [-0.39, 0.29) is 12.1 Å². The van der Waals surface area contributed by atoms with Gasteiger partial charge in [0.15, 0.2) is 0 Å². The zero-order chi connectivity index (χ0) is 15.4. The molecule has 1 aromatic carbocycles. The molecule has 2 rings (SSSR count). The minimum atomic E-state index is -0.530. The number of nitrogens with zero attached hydrogens (tertiary/aromatic N) is 2. The quantitative estimate of drug-likeness (QED) is 0.919. The lowest BCUT2D eigenvalue weighted by molar-refractivity contribution is 0.177. The van der Waals surface area contributed by atoms with E-state index >= 15 is 0 Å². The van der Waals surface area contributed by atoms with E-state index in [1.54, 1.807) is 6.07 Å². The lowest BCUT2D eigenvalue weighted by Gasteiger charge is -2.35.